The fourth-order valence-electron chi connectivity index (χ4n) is 2.35. The molecule has 0 bridgehead atoms. The molecule has 1 saturated heterocycles. The van der Waals surface area contributed by atoms with Crippen LogP contribution >= 0.6 is 12.4 Å². The average molecular weight is 309 g/mol. The molecule has 1 unspecified atom stereocenters. The number of hydrogen-bond acceptors (Lipinski definition) is 4. The second kappa shape index (κ2) is 6.69. The molecule has 0 radical (unpaired) electrons. The molecule has 6 nitrogen and oxygen atoms in total. The molecule has 8 heteroatoms. The van der Waals surface area contributed by atoms with Crippen molar-refractivity contribution < 1.29 is 8.42 Å². The lowest BCUT2D eigenvalue weighted by molar-refractivity contribution is 0.263. The van der Waals surface area contributed by atoms with E-state index >= 15 is 0 Å². The lowest BCUT2D eigenvalue weighted by Gasteiger charge is -2.31. The number of rotatable bonds is 4. The molecule has 0 amide bonds. The highest BCUT2D eigenvalue weighted by Crippen LogP contribution is 2.22. The molecular weight excluding hydrogens is 288 g/mol. The van der Waals surface area contributed by atoms with Crippen LogP contribution in [0.4, 0.5) is 0 Å². The van der Waals surface area contributed by atoms with E-state index in [0.29, 0.717) is 19.0 Å². The SMILES string of the molecule is CNCC1CCCN(S(=O)(=O)c2cn(C)cn2)C1.Cl. The van der Waals surface area contributed by atoms with E-state index in [1.807, 2.05) is 7.05 Å². The number of imidazole rings is 1. The van der Waals surface area contributed by atoms with E-state index in [1.165, 1.54) is 6.33 Å². The van der Waals surface area contributed by atoms with E-state index in [-0.39, 0.29) is 17.4 Å². The molecule has 1 aromatic heterocycles. The lowest BCUT2D eigenvalue weighted by atomic mass is 10.00. The van der Waals surface area contributed by atoms with Crippen LogP contribution in [0.3, 0.4) is 0 Å². The maximum absolute atomic E-state index is 12.4. The summed E-state index contributed by atoms with van der Waals surface area (Å²) >= 11 is 0. The smallest absolute Gasteiger partial charge is 0.262 e. The molecule has 1 atom stereocenters. The number of aromatic nitrogens is 2. The Balaban J connectivity index is 0.00000180. The Kier molecular flexibility index (Phi) is 5.79. The van der Waals surface area contributed by atoms with E-state index in [0.717, 1.165) is 19.4 Å². The fraction of sp³-hybridized carbons (Fsp3) is 0.727. The van der Waals surface area contributed by atoms with E-state index in [4.69, 9.17) is 0 Å². The van der Waals surface area contributed by atoms with Gasteiger partial charge in [-0.2, -0.15) is 4.31 Å². The number of nitrogens with zero attached hydrogens (tertiary/aromatic N) is 3. The van der Waals surface area contributed by atoms with Crippen LogP contribution in [0.15, 0.2) is 17.6 Å². The summed E-state index contributed by atoms with van der Waals surface area (Å²) < 4.78 is 28.0. The predicted molar refractivity (Wildman–Crippen MR) is 75.9 cm³/mol. The van der Waals surface area contributed by atoms with Gasteiger partial charge in [0.15, 0.2) is 5.03 Å². The van der Waals surface area contributed by atoms with Crippen molar-refractivity contribution in [1.29, 1.82) is 0 Å². The topological polar surface area (TPSA) is 67.2 Å². The van der Waals surface area contributed by atoms with Gasteiger partial charge in [-0.15, -0.1) is 12.4 Å². The Morgan fingerprint density at radius 3 is 2.84 bits per heavy atom. The summed E-state index contributed by atoms with van der Waals surface area (Å²) in [5.41, 5.74) is 0. The van der Waals surface area contributed by atoms with Crippen LogP contribution in [0, 0.1) is 5.92 Å². The first kappa shape index (κ1) is 16.4. The molecule has 2 rings (SSSR count). The quantitative estimate of drug-likeness (QED) is 0.877. The third-order valence-corrected chi connectivity index (χ3v) is 5.01. The summed E-state index contributed by atoms with van der Waals surface area (Å²) in [6.45, 7) is 2.03. The Morgan fingerprint density at radius 2 is 2.26 bits per heavy atom. The number of piperidine rings is 1. The van der Waals surface area contributed by atoms with Gasteiger partial charge in [-0.25, -0.2) is 13.4 Å². The zero-order chi connectivity index (χ0) is 13.2. The molecule has 1 N–H and O–H groups in total. The first-order chi connectivity index (χ1) is 8.54. The molecule has 0 saturated carbocycles. The largest absolute Gasteiger partial charge is 0.339 e. The predicted octanol–water partition coefficient (Wildman–Crippen LogP) is 0.462. The first-order valence-electron chi connectivity index (χ1n) is 6.16. The molecule has 1 aliphatic rings. The number of aryl methyl sites for hydroxylation is 1. The van der Waals surface area contributed by atoms with Crippen molar-refractivity contribution in [3.8, 4) is 0 Å². The Morgan fingerprint density at radius 1 is 1.53 bits per heavy atom. The molecule has 1 aliphatic heterocycles. The van der Waals surface area contributed by atoms with Gasteiger partial charge < -0.3 is 9.88 Å². The Bertz CT molecular complexity index is 501. The Hall–Kier alpha value is -0.630. The summed E-state index contributed by atoms with van der Waals surface area (Å²) in [5, 5.41) is 3.26. The van der Waals surface area contributed by atoms with Gasteiger partial charge in [-0.3, -0.25) is 0 Å². The summed E-state index contributed by atoms with van der Waals surface area (Å²) in [6, 6.07) is 0. The zero-order valence-corrected chi connectivity index (χ0v) is 12.9. The molecule has 0 aromatic carbocycles. The number of sulfonamides is 1. The van der Waals surface area contributed by atoms with Gasteiger partial charge in [0.2, 0.25) is 0 Å². The minimum absolute atomic E-state index is 0. The van der Waals surface area contributed by atoms with Crippen LogP contribution in [-0.2, 0) is 17.1 Å². The summed E-state index contributed by atoms with van der Waals surface area (Å²) in [5.74, 6) is 0.391. The second-order valence-corrected chi connectivity index (χ2v) is 6.69. The van der Waals surface area contributed by atoms with Gasteiger partial charge in [-0.05, 0) is 32.4 Å². The molecule has 0 spiro atoms. The van der Waals surface area contributed by atoms with Crippen LogP contribution in [0.2, 0.25) is 0 Å². The molecule has 0 aliphatic carbocycles. The summed E-state index contributed by atoms with van der Waals surface area (Å²) in [7, 11) is 0.246. The van der Waals surface area contributed by atoms with E-state index in [1.54, 1.807) is 22.1 Å². The normalized spacial score (nSPS) is 21.1. The van der Waals surface area contributed by atoms with E-state index in [2.05, 4.69) is 10.3 Å². The van der Waals surface area contributed by atoms with Crippen molar-refractivity contribution in [2.75, 3.05) is 26.7 Å². The monoisotopic (exact) mass is 308 g/mol. The minimum atomic E-state index is -3.42. The lowest BCUT2D eigenvalue weighted by Crippen LogP contribution is -2.42. The number of halogens is 1. The third kappa shape index (κ3) is 3.68. The van der Waals surface area contributed by atoms with Gasteiger partial charge >= 0.3 is 0 Å². The highest BCUT2D eigenvalue weighted by Gasteiger charge is 2.31. The van der Waals surface area contributed by atoms with Gasteiger partial charge in [0, 0.05) is 26.3 Å². The van der Waals surface area contributed by atoms with Crippen molar-refractivity contribution in [1.82, 2.24) is 19.2 Å². The van der Waals surface area contributed by atoms with Crippen molar-refractivity contribution in [2.24, 2.45) is 13.0 Å². The fourth-order valence-corrected chi connectivity index (χ4v) is 3.88. The van der Waals surface area contributed by atoms with E-state index in [9.17, 15) is 8.42 Å². The first-order valence-corrected chi connectivity index (χ1v) is 7.60. The van der Waals surface area contributed by atoms with Crippen LogP contribution in [0.5, 0.6) is 0 Å². The highest BCUT2D eigenvalue weighted by atomic mass is 35.5. The second-order valence-electron chi connectivity index (χ2n) is 4.81. The third-order valence-electron chi connectivity index (χ3n) is 3.26. The maximum atomic E-state index is 12.4. The van der Waals surface area contributed by atoms with Crippen molar-refractivity contribution in [3.05, 3.63) is 12.5 Å². The number of nitrogens with one attached hydrogen (secondary N) is 1. The van der Waals surface area contributed by atoms with E-state index < -0.39 is 10.0 Å². The van der Waals surface area contributed by atoms with Gasteiger partial charge in [0.25, 0.3) is 10.0 Å². The molecule has 1 aromatic rings. The summed E-state index contributed by atoms with van der Waals surface area (Å²) in [6.07, 6.45) is 5.06. The molecule has 2 heterocycles. The zero-order valence-electron chi connectivity index (χ0n) is 11.2. The molecule has 110 valence electrons. The van der Waals surface area contributed by atoms with Gasteiger partial charge in [0.1, 0.15) is 0 Å². The average Bonchev–Trinajstić information content (AvgIpc) is 2.77. The standard InChI is InChI=1S/C11H20N4O2S.ClH/c1-12-6-10-4-3-5-15(7-10)18(16,17)11-8-14(2)9-13-11;/h8-10,12H,3-7H2,1-2H3;1H. The highest BCUT2D eigenvalue weighted by molar-refractivity contribution is 7.89. The maximum Gasteiger partial charge on any atom is 0.262 e. The van der Waals surface area contributed by atoms with Crippen molar-refractivity contribution in [3.63, 3.8) is 0 Å². The molecule has 19 heavy (non-hydrogen) atoms. The Labute approximate surface area is 120 Å². The molecule has 1 fully saturated rings. The van der Waals surface area contributed by atoms with Crippen molar-refractivity contribution in [2.45, 2.75) is 17.9 Å². The van der Waals surface area contributed by atoms with Crippen LogP contribution in [-0.4, -0.2) is 49.0 Å². The van der Waals surface area contributed by atoms with Crippen LogP contribution in [0.1, 0.15) is 12.8 Å². The van der Waals surface area contributed by atoms with Crippen LogP contribution < -0.4 is 5.32 Å². The number of hydrogen-bond donors (Lipinski definition) is 1. The minimum Gasteiger partial charge on any atom is -0.339 e. The van der Waals surface area contributed by atoms with Gasteiger partial charge in [-0.1, -0.05) is 0 Å². The summed E-state index contributed by atoms with van der Waals surface area (Å²) in [4.78, 5) is 3.95. The van der Waals surface area contributed by atoms with Gasteiger partial charge in [0.05, 0.1) is 6.33 Å². The van der Waals surface area contributed by atoms with Crippen molar-refractivity contribution >= 4 is 22.4 Å². The van der Waals surface area contributed by atoms with Crippen LogP contribution in [0.25, 0.3) is 0 Å². The molecular formula is C11H21ClN4O2S.